The maximum atomic E-state index is 13.5. The summed E-state index contributed by atoms with van der Waals surface area (Å²) in [6, 6.07) is 7.11. The van der Waals surface area contributed by atoms with E-state index < -0.39 is 0 Å². The first-order valence-electron chi connectivity index (χ1n) is 9.45. The minimum absolute atomic E-state index is 0.00897. The number of carbonyl (C=O) groups is 1. The van der Waals surface area contributed by atoms with Crippen LogP contribution in [0.4, 0.5) is 4.39 Å². The summed E-state index contributed by atoms with van der Waals surface area (Å²) in [5.74, 6) is 0.807. The van der Waals surface area contributed by atoms with Crippen LogP contribution >= 0.6 is 0 Å². The van der Waals surface area contributed by atoms with E-state index in [1.807, 2.05) is 24.8 Å². The molecule has 1 aliphatic heterocycles. The number of likely N-dealkylation sites (tertiary alicyclic amines) is 1. The fourth-order valence-corrected chi connectivity index (χ4v) is 3.62. The van der Waals surface area contributed by atoms with Crippen LogP contribution in [0.5, 0.6) is 0 Å². The Labute approximate surface area is 155 Å². The lowest BCUT2D eigenvalue weighted by Crippen LogP contribution is -2.47. The van der Waals surface area contributed by atoms with Crippen molar-refractivity contribution in [1.29, 1.82) is 0 Å². The standard InChI is InChI=1S/C20H29FN4O/c1-14(2)18(26)25-10-7-17(12-25)24-19(22-3)23-13-20(8-9-20)15-5-4-6-16(21)11-15/h4-6,11,14,17H,7-10,12-13H2,1-3H3,(H2,22,23,24). The summed E-state index contributed by atoms with van der Waals surface area (Å²) in [7, 11) is 1.75. The van der Waals surface area contributed by atoms with Gasteiger partial charge < -0.3 is 15.5 Å². The molecule has 1 heterocycles. The average molecular weight is 360 g/mol. The number of guanidine groups is 1. The Bertz CT molecular complexity index is 684. The largest absolute Gasteiger partial charge is 0.356 e. The fourth-order valence-electron chi connectivity index (χ4n) is 3.62. The van der Waals surface area contributed by atoms with Gasteiger partial charge in [-0.1, -0.05) is 26.0 Å². The van der Waals surface area contributed by atoms with Crippen molar-refractivity contribution < 1.29 is 9.18 Å². The second-order valence-corrected chi connectivity index (χ2v) is 7.79. The second kappa shape index (κ2) is 7.64. The number of hydrogen-bond acceptors (Lipinski definition) is 2. The number of halogens is 1. The van der Waals surface area contributed by atoms with Crippen molar-refractivity contribution in [3.63, 3.8) is 0 Å². The van der Waals surface area contributed by atoms with E-state index in [1.54, 1.807) is 19.2 Å². The van der Waals surface area contributed by atoms with E-state index in [9.17, 15) is 9.18 Å². The van der Waals surface area contributed by atoms with Crippen LogP contribution in [0.2, 0.25) is 0 Å². The van der Waals surface area contributed by atoms with Crippen LogP contribution < -0.4 is 10.6 Å². The lowest BCUT2D eigenvalue weighted by molar-refractivity contribution is -0.133. The topological polar surface area (TPSA) is 56.7 Å². The monoisotopic (exact) mass is 360 g/mol. The highest BCUT2D eigenvalue weighted by Crippen LogP contribution is 2.47. The van der Waals surface area contributed by atoms with Crippen LogP contribution in [0.15, 0.2) is 29.3 Å². The van der Waals surface area contributed by atoms with Gasteiger partial charge in [0.05, 0.1) is 0 Å². The molecule has 2 N–H and O–H groups in total. The number of nitrogens with one attached hydrogen (secondary N) is 2. The molecule has 1 aliphatic carbocycles. The van der Waals surface area contributed by atoms with Gasteiger partial charge >= 0.3 is 0 Å². The Hall–Kier alpha value is -2.11. The molecule has 2 fully saturated rings. The number of nitrogens with zero attached hydrogens (tertiary/aromatic N) is 2. The third-order valence-corrected chi connectivity index (χ3v) is 5.44. The summed E-state index contributed by atoms with van der Waals surface area (Å²) in [6.45, 7) is 6.11. The molecule has 0 spiro atoms. The second-order valence-electron chi connectivity index (χ2n) is 7.79. The maximum Gasteiger partial charge on any atom is 0.225 e. The third-order valence-electron chi connectivity index (χ3n) is 5.44. The van der Waals surface area contributed by atoms with Crippen LogP contribution in [0.25, 0.3) is 0 Å². The molecular formula is C20H29FN4O. The zero-order valence-electron chi connectivity index (χ0n) is 15.9. The van der Waals surface area contributed by atoms with Gasteiger partial charge in [0.2, 0.25) is 5.91 Å². The Balaban J connectivity index is 1.52. The number of hydrogen-bond donors (Lipinski definition) is 2. The van der Waals surface area contributed by atoms with Gasteiger partial charge in [-0.25, -0.2) is 4.39 Å². The lowest BCUT2D eigenvalue weighted by atomic mass is 9.96. The first-order valence-corrected chi connectivity index (χ1v) is 9.45. The minimum Gasteiger partial charge on any atom is -0.356 e. The van der Waals surface area contributed by atoms with Crippen molar-refractivity contribution in [2.75, 3.05) is 26.7 Å². The molecule has 1 aromatic carbocycles. The number of rotatable bonds is 5. The van der Waals surface area contributed by atoms with Gasteiger partial charge in [-0.2, -0.15) is 0 Å². The van der Waals surface area contributed by atoms with E-state index in [4.69, 9.17) is 0 Å². The highest BCUT2D eigenvalue weighted by atomic mass is 19.1. The van der Waals surface area contributed by atoms with Crippen LogP contribution in [-0.4, -0.2) is 49.5 Å². The van der Waals surface area contributed by atoms with Crippen molar-refractivity contribution in [2.24, 2.45) is 10.9 Å². The van der Waals surface area contributed by atoms with E-state index in [-0.39, 0.29) is 29.1 Å². The van der Waals surface area contributed by atoms with Gasteiger partial charge in [0.15, 0.2) is 5.96 Å². The molecule has 1 amide bonds. The van der Waals surface area contributed by atoms with E-state index in [0.717, 1.165) is 43.9 Å². The number of carbonyl (C=O) groups excluding carboxylic acids is 1. The third kappa shape index (κ3) is 4.17. The van der Waals surface area contributed by atoms with Gasteiger partial charge in [0.25, 0.3) is 0 Å². The molecule has 3 rings (SSSR count). The first-order chi connectivity index (χ1) is 12.4. The van der Waals surface area contributed by atoms with Crippen molar-refractivity contribution in [3.8, 4) is 0 Å². The molecule has 5 nitrogen and oxygen atoms in total. The highest BCUT2D eigenvalue weighted by molar-refractivity contribution is 5.81. The Morgan fingerprint density at radius 2 is 2.19 bits per heavy atom. The summed E-state index contributed by atoms with van der Waals surface area (Å²) in [5, 5.41) is 6.82. The molecule has 1 aromatic rings. The molecule has 1 unspecified atom stereocenters. The van der Waals surface area contributed by atoms with Crippen LogP contribution in [0.1, 0.15) is 38.7 Å². The molecule has 26 heavy (non-hydrogen) atoms. The van der Waals surface area contributed by atoms with Crippen LogP contribution in [0, 0.1) is 11.7 Å². The number of aliphatic imine (C=N–C) groups is 1. The zero-order chi connectivity index (χ0) is 18.7. The van der Waals surface area contributed by atoms with Crippen molar-refractivity contribution in [2.45, 2.75) is 44.6 Å². The predicted octanol–water partition coefficient (Wildman–Crippen LogP) is 2.28. The molecule has 0 bridgehead atoms. The molecule has 1 saturated heterocycles. The SMILES string of the molecule is CN=C(NCC1(c2cccc(F)c2)CC1)NC1CCN(C(=O)C(C)C)C1. The smallest absolute Gasteiger partial charge is 0.225 e. The molecule has 2 aliphatic rings. The number of benzene rings is 1. The van der Waals surface area contributed by atoms with Crippen LogP contribution in [0.3, 0.4) is 0 Å². The van der Waals surface area contributed by atoms with Gasteiger partial charge in [0, 0.05) is 44.1 Å². The van der Waals surface area contributed by atoms with Crippen molar-refractivity contribution >= 4 is 11.9 Å². The summed E-state index contributed by atoms with van der Waals surface area (Å²) in [4.78, 5) is 18.4. The fraction of sp³-hybridized carbons (Fsp3) is 0.600. The quantitative estimate of drug-likeness (QED) is 0.626. The molecule has 1 saturated carbocycles. The summed E-state index contributed by atoms with van der Waals surface area (Å²) < 4.78 is 13.5. The minimum atomic E-state index is -0.183. The van der Waals surface area contributed by atoms with Gasteiger partial charge in [-0.15, -0.1) is 0 Å². The zero-order valence-corrected chi connectivity index (χ0v) is 15.9. The Morgan fingerprint density at radius 3 is 2.81 bits per heavy atom. The van der Waals surface area contributed by atoms with E-state index in [0.29, 0.717) is 6.54 Å². The van der Waals surface area contributed by atoms with Crippen molar-refractivity contribution in [1.82, 2.24) is 15.5 Å². The maximum absolute atomic E-state index is 13.5. The number of amides is 1. The molecule has 0 radical (unpaired) electrons. The summed E-state index contributed by atoms with van der Waals surface area (Å²) in [6.07, 6.45) is 3.04. The highest BCUT2D eigenvalue weighted by Gasteiger charge is 2.44. The first kappa shape index (κ1) is 18.7. The molecule has 142 valence electrons. The molecule has 1 atom stereocenters. The van der Waals surface area contributed by atoms with E-state index in [1.165, 1.54) is 6.07 Å². The van der Waals surface area contributed by atoms with Crippen molar-refractivity contribution in [3.05, 3.63) is 35.6 Å². The van der Waals surface area contributed by atoms with Gasteiger partial charge in [-0.3, -0.25) is 9.79 Å². The van der Waals surface area contributed by atoms with E-state index >= 15 is 0 Å². The molecular weight excluding hydrogens is 331 g/mol. The predicted molar refractivity (Wildman–Crippen MR) is 102 cm³/mol. The molecule has 0 aromatic heterocycles. The Morgan fingerprint density at radius 1 is 1.42 bits per heavy atom. The van der Waals surface area contributed by atoms with Crippen LogP contribution in [-0.2, 0) is 10.2 Å². The van der Waals surface area contributed by atoms with Gasteiger partial charge in [-0.05, 0) is 37.0 Å². The summed E-state index contributed by atoms with van der Waals surface area (Å²) >= 11 is 0. The summed E-state index contributed by atoms with van der Waals surface area (Å²) in [5.41, 5.74) is 1.06. The normalized spacial score (nSPS) is 21.8. The average Bonchev–Trinajstić information content (AvgIpc) is 3.28. The van der Waals surface area contributed by atoms with Gasteiger partial charge in [0.1, 0.15) is 5.82 Å². The molecule has 6 heteroatoms. The Kier molecular flexibility index (Phi) is 5.49. The lowest BCUT2D eigenvalue weighted by Gasteiger charge is -2.22. The van der Waals surface area contributed by atoms with E-state index in [2.05, 4.69) is 15.6 Å².